The maximum absolute atomic E-state index is 14.8. The van der Waals surface area contributed by atoms with Gasteiger partial charge in [0.25, 0.3) is 0 Å². The molecule has 3 aromatic carbocycles. The van der Waals surface area contributed by atoms with Gasteiger partial charge in [-0.25, -0.2) is 0 Å². The van der Waals surface area contributed by atoms with E-state index in [1.165, 1.54) is 11.8 Å². The van der Waals surface area contributed by atoms with E-state index in [4.69, 9.17) is 23.2 Å². The number of carbonyl (C=O) groups is 3. The van der Waals surface area contributed by atoms with E-state index >= 15 is 0 Å². The number of likely N-dealkylation sites (tertiary alicyclic amines) is 1. The standard InChI is InChI=1S/C31H28Cl2N4O3S/c1-19(20-7-9-21(32)10-8-20)37-28(39)16-31(41-23-5-3-2-4-6-23,30(40)36-14-13-34-27(38)18-36)29(37)25-17-35-26-15-22(33)11-12-24(25)26/h2-12,15,17,19,29,35H,13-14,16,18H2,1H3,(H,34,38)/t19-,29+,31-/m1/s1. The molecule has 0 aliphatic carbocycles. The Labute approximate surface area is 252 Å². The van der Waals surface area contributed by atoms with Crippen molar-refractivity contribution < 1.29 is 14.4 Å². The summed E-state index contributed by atoms with van der Waals surface area (Å²) >= 11 is 13.9. The summed E-state index contributed by atoms with van der Waals surface area (Å²) in [6.07, 6.45) is 1.86. The molecule has 2 N–H and O–H groups in total. The van der Waals surface area contributed by atoms with Crippen molar-refractivity contribution >= 4 is 63.6 Å². The van der Waals surface area contributed by atoms with E-state index in [0.717, 1.165) is 26.9 Å². The van der Waals surface area contributed by atoms with Crippen molar-refractivity contribution in [1.29, 1.82) is 0 Å². The quantitative estimate of drug-likeness (QED) is 0.282. The lowest BCUT2D eigenvalue weighted by Crippen LogP contribution is -2.57. The van der Waals surface area contributed by atoms with Crippen molar-refractivity contribution in [2.24, 2.45) is 0 Å². The van der Waals surface area contributed by atoms with Crippen LogP contribution in [0.1, 0.15) is 36.6 Å². The number of benzene rings is 3. The van der Waals surface area contributed by atoms with Crippen LogP contribution in [0.2, 0.25) is 10.0 Å². The summed E-state index contributed by atoms with van der Waals surface area (Å²) in [6, 6.07) is 21.6. The number of piperazine rings is 1. The van der Waals surface area contributed by atoms with Crippen LogP contribution in [0.4, 0.5) is 0 Å². The number of rotatable bonds is 6. The molecule has 0 saturated carbocycles. The van der Waals surface area contributed by atoms with Crippen LogP contribution in [0.3, 0.4) is 0 Å². The maximum atomic E-state index is 14.8. The SMILES string of the molecule is C[C@H](c1ccc(Cl)cc1)N1C(=O)C[C@](Sc2ccccc2)(C(=O)N2CCNC(=O)C2)[C@@H]1c1c[nH]c2cc(Cl)ccc12. The lowest BCUT2D eigenvalue weighted by atomic mass is 9.89. The van der Waals surface area contributed by atoms with Gasteiger partial charge in [-0.3, -0.25) is 14.4 Å². The zero-order valence-electron chi connectivity index (χ0n) is 22.3. The fourth-order valence-electron chi connectivity index (χ4n) is 5.98. The summed E-state index contributed by atoms with van der Waals surface area (Å²) in [7, 11) is 0. The number of aromatic nitrogens is 1. The summed E-state index contributed by atoms with van der Waals surface area (Å²) in [5.74, 6) is -0.578. The van der Waals surface area contributed by atoms with Crippen molar-refractivity contribution in [2.45, 2.75) is 35.1 Å². The molecule has 3 heterocycles. The second-order valence-corrected chi connectivity index (χ2v) is 12.7. The molecule has 0 radical (unpaired) electrons. The minimum absolute atomic E-state index is 0.0215. The average molecular weight is 608 g/mol. The van der Waals surface area contributed by atoms with E-state index in [1.54, 1.807) is 17.0 Å². The average Bonchev–Trinajstić information content (AvgIpc) is 3.50. The molecule has 7 nitrogen and oxygen atoms in total. The number of nitrogens with one attached hydrogen (secondary N) is 2. The number of halogens is 2. The highest BCUT2D eigenvalue weighted by Crippen LogP contribution is 2.56. The molecule has 0 unspecified atom stereocenters. The van der Waals surface area contributed by atoms with Gasteiger partial charge in [-0.15, -0.1) is 11.8 Å². The Morgan fingerprint density at radius 3 is 2.49 bits per heavy atom. The number of aromatic amines is 1. The molecule has 0 bridgehead atoms. The lowest BCUT2D eigenvalue weighted by Gasteiger charge is -2.41. The second-order valence-electron chi connectivity index (χ2n) is 10.4. The van der Waals surface area contributed by atoms with Crippen LogP contribution in [-0.4, -0.2) is 56.9 Å². The monoisotopic (exact) mass is 606 g/mol. The van der Waals surface area contributed by atoms with Gasteiger partial charge in [0.2, 0.25) is 17.7 Å². The highest BCUT2D eigenvalue weighted by Gasteiger charge is 2.61. The fourth-order valence-corrected chi connectivity index (χ4v) is 7.75. The Kier molecular flexibility index (Phi) is 7.49. The molecular weight excluding hydrogens is 579 g/mol. The van der Waals surface area contributed by atoms with E-state index in [-0.39, 0.29) is 36.7 Å². The largest absolute Gasteiger partial charge is 0.361 e. The number of thioether (sulfide) groups is 1. The van der Waals surface area contributed by atoms with Gasteiger partial charge in [-0.05, 0) is 48.9 Å². The van der Waals surface area contributed by atoms with Crippen molar-refractivity contribution in [3.8, 4) is 0 Å². The van der Waals surface area contributed by atoms with Crippen LogP contribution in [0.15, 0.2) is 83.9 Å². The van der Waals surface area contributed by atoms with Crippen LogP contribution in [0, 0.1) is 0 Å². The molecule has 6 rings (SSSR count). The fraction of sp³-hybridized carbons (Fsp3) is 0.258. The second kappa shape index (κ2) is 11.1. The van der Waals surface area contributed by atoms with Crippen molar-refractivity contribution in [3.63, 3.8) is 0 Å². The molecule has 2 saturated heterocycles. The molecule has 4 aromatic rings. The smallest absolute Gasteiger partial charge is 0.242 e. The molecule has 210 valence electrons. The highest BCUT2D eigenvalue weighted by molar-refractivity contribution is 8.01. The third-order valence-corrected chi connectivity index (χ3v) is 9.79. The van der Waals surface area contributed by atoms with Gasteiger partial charge in [0.15, 0.2) is 0 Å². The zero-order valence-corrected chi connectivity index (χ0v) is 24.6. The first-order chi connectivity index (χ1) is 19.8. The summed E-state index contributed by atoms with van der Waals surface area (Å²) in [5, 5.41) is 4.87. The number of amides is 3. The Bertz CT molecular complexity index is 1630. The summed E-state index contributed by atoms with van der Waals surface area (Å²) in [4.78, 5) is 49.0. The first kappa shape index (κ1) is 27.7. The van der Waals surface area contributed by atoms with Gasteiger partial charge in [-0.1, -0.05) is 59.6 Å². The minimum Gasteiger partial charge on any atom is -0.361 e. The van der Waals surface area contributed by atoms with Crippen molar-refractivity contribution in [2.75, 3.05) is 19.6 Å². The van der Waals surface area contributed by atoms with Gasteiger partial charge in [0.05, 0.1) is 25.0 Å². The van der Waals surface area contributed by atoms with E-state index in [9.17, 15) is 14.4 Å². The van der Waals surface area contributed by atoms with Gasteiger partial charge in [0, 0.05) is 50.7 Å². The van der Waals surface area contributed by atoms with E-state index in [1.807, 2.05) is 78.7 Å². The molecule has 1 aromatic heterocycles. The topological polar surface area (TPSA) is 85.5 Å². The first-order valence-electron chi connectivity index (χ1n) is 13.4. The first-order valence-corrected chi connectivity index (χ1v) is 15.0. The zero-order chi connectivity index (χ0) is 28.7. The van der Waals surface area contributed by atoms with Crippen LogP contribution in [-0.2, 0) is 14.4 Å². The van der Waals surface area contributed by atoms with Crippen LogP contribution < -0.4 is 5.32 Å². The molecule has 0 spiro atoms. The predicted molar refractivity (Wildman–Crippen MR) is 162 cm³/mol. The van der Waals surface area contributed by atoms with Gasteiger partial charge in [0.1, 0.15) is 4.75 Å². The Morgan fingerprint density at radius 1 is 1.02 bits per heavy atom. The van der Waals surface area contributed by atoms with Gasteiger partial charge < -0.3 is 20.1 Å². The maximum Gasteiger partial charge on any atom is 0.242 e. The van der Waals surface area contributed by atoms with Crippen molar-refractivity contribution in [3.05, 3.63) is 100 Å². The molecule has 2 aliphatic heterocycles. The third-order valence-electron chi connectivity index (χ3n) is 7.89. The van der Waals surface area contributed by atoms with Gasteiger partial charge >= 0.3 is 0 Å². The van der Waals surface area contributed by atoms with Crippen LogP contribution >= 0.6 is 35.0 Å². The summed E-state index contributed by atoms with van der Waals surface area (Å²) in [5.41, 5.74) is 2.54. The molecule has 10 heteroatoms. The van der Waals surface area contributed by atoms with E-state index in [2.05, 4.69) is 10.3 Å². The molecule has 2 fully saturated rings. The van der Waals surface area contributed by atoms with Crippen LogP contribution in [0.25, 0.3) is 10.9 Å². The Balaban J connectivity index is 1.56. The minimum atomic E-state index is -1.24. The Hall–Kier alpha value is -3.46. The number of fused-ring (bicyclic) bond motifs is 1. The summed E-state index contributed by atoms with van der Waals surface area (Å²) in [6.45, 7) is 2.67. The number of carbonyl (C=O) groups excluding carboxylic acids is 3. The Morgan fingerprint density at radius 2 is 1.76 bits per heavy atom. The lowest BCUT2D eigenvalue weighted by molar-refractivity contribution is -0.140. The third kappa shape index (κ3) is 5.09. The number of nitrogens with zero attached hydrogens (tertiary/aromatic N) is 2. The number of hydrogen-bond donors (Lipinski definition) is 2. The highest BCUT2D eigenvalue weighted by atomic mass is 35.5. The van der Waals surface area contributed by atoms with Crippen LogP contribution in [0.5, 0.6) is 0 Å². The van der Waals surface area contributed by atoms with E-state index in [0.29, 0.717) is 23.1 Å². The molecule has 3 amide bonds. The molecule has 3 atom stereocenters. The summed E-state index contributed by atoms with van der Waals surface area (Å²) < 4.78 is -1.24. The van der Waals surface area contributed by atoms with Gasteiger partial charge in [-0.2, -0.15) is 0 Å². The predicted octanol–water partition coefficient (Wildman–Crippen LogP) is 6.00. The van der Waals surface area contributed by atoms with E-state index < -0.39 is 10.8 Å². The molecular formula is C31H28Cl2N4O3S. The number of hydrogen-bond acceptors (Lipinski definition) is 4. The normalized spacial score (nSPS) is 21.8. The molecule has 41 heavy (non-hydrogen) atoms. The number of H-pyrrole nitrogens is 1. The van der Waals surface area contributed by atoms with Crippen molar-refractivity contribution in [1.82, 2.24) is 20.1 Å². The molecule has 2 aliphatic rings.